The van der Waals surface area contributed by atoms with Crippen molar-refractivity contribution in [3.05, 3.63) is 35.9 Å². The predicted octanol–water partition coefficient (Wildman–Crippen LogP) is -1.36. The molecule has 0 spiro atoms. The van der Waals surface area contributed by atoms with Crippen LogP contribution in [0.1, 0.15) is 5.56 Å². The number of carbonyl (C=O) groups is 3. The predicted molar refractivity (Wildman–Crippen MR) is 75.3 cm³/mol. The summed E-state index contributed by atoms with van der Waals surface area (Å²) in [7, 11) is 4.63. The van der Waals surface area contributed by atoms with Crippen LogP contribution in [0.3, 0.4) is 0 Å². The molecular weight excluding hydrogens is 289 g/mol. The van der Waals surface area contributed by atoms with Gasteiger partial charge in [0.05, 0.1) is 12.8 Å². The van der Waals surface area contributed by atoms with Crippen molar-refractivity contribution in [2.75, 3.05) is 13.1 Å². The number of benzene rings is 1. The zero-order valence-electron chi connectivity index (χ0n) is 11.5. The summed E-state index contributed by atoms with van der Waals surface area (Å²) in [5.74, 6) is -3.24. The summed E-state index contributed by atoms with van der Waals surface area (Å²) in [6, 6.07) is 9.02. The summed E-state index contributed by atoms with van der Waals surface area (Å²) in [5.41, 5.74) is 0.761. The van der Waals surface area contributed by atoms with E-state index in [1.807, 2.05) is 6.07 Å². The molecule has 1 aromatic carbocycles. The van der Waals surface area contributed by atoms with Gasteiger partial charge in [-0.05, 0) is 5.56 Å². The van der Waals surface area contributed by atoms with E-state index < -0.39 is 24.0 Å². The fraction of sp³-hybridized carbons (Fsp3) is 0.231. The third kappa shape index (κ3) is 3.31. The molecule has 1 aromatic rings. The Hall–Kier alpha value is -2.68. The molecule has 1 unspecified atom stereocenters. The van der Waals surface area contributed by atoms with Gasteiger partial charge in [0.25, 0.3) is 0 Å². The molecule has 0 saturated carbocycles. The summed E-state index contributed by atoms with van der Waals surface area (Å²) in [4.78, 5) is 35.5. The van der Waals surface area contributed by atoms with Crippen molar-refractivity contribution in [2.24, 2.45) is 5.10 Å². The molecule has 8 nitrogen and oxygen atoms in total. The summed E-state index contributed by atoms with van der Waals surface area (Å²) in [5, 5.41) is 14.5. The van der Waals surface area contributed by atoms with Crippen molar-refractivity contribution in [3.8, 4) is 0 Å². The van der Waals surface area contributed by atoms with E-state index in [-0.39, 0.29) is 13.1 Å². The number of hydrogen-bond donors (Lipinski definition) is 1. The van der Waals surface area contributed by atoms with E-state index in [0.29, 0.717) is 4.90 Å². The molecule has 1 fully saturated rings. The molecule has 1 saturated heterocycles. The highest BCUT2D eigenvalue weighted by molar-refractivity contribution is 6.35. The maximum absolute atomic E-state index is 11.9. The Morgan fingerprint density at radius 1 is 1.27 bits per heavy atom. The molecule has 1 heterocycles. The number of aliphatic hydroxyl groups is 1. The number of nitrogens with zero attached hydrogens (tertiary/aromatic N) is 3. The van der Waals surface area contributed by atoms with Crippen LogP contribution in [0.2, 0.25) is 0 Å². The van der Waals surface area contributed by atoms with E-state index in [0.717, 1.165) is 10.6 Å². The molecule has 0 aliphatic carbocycles. The number of hydrazone groups is 1. The molecule has 1 aliphatic heterocycles. The SMILES string of the molecule is [B]OC(=O)C(O)N1CCN(/N=C/c2ccccc2)C(=O)C1=O. The van der Waals surface area contributed by atoms with Gasteiger partial charge in [0.1, 0.15) is 0 Å². The standard InChI is InChI=1S/C13H12BN3O5/c14-22-13(21)12(20)16-6-7-17(11(19)10(16)18)15-8-9-4-2-1-3-5-9/h1-5,8,12,20H,6-7H2/b15-8+. The summed E-state index contributed by atoms with van der Waals surface area (Å²) < 4.78 is 3.84. The lowest BCUT2D eigenvalue weighted by atomic mass is 10.2. The molecule has 9 heteroatoms. The van der Waals surface area contributed by atoms with E-state index in [9.17, 15) is 19.5 Å². The normalized spacial score (nSPS) is 17.0. The fourth-order valence-electron chi connectivity index (χ4n) is 1.85. The van der Waals surface area contributed by atoms with E-state index in [4.69, 9.17) is 0 Å². The van der Waals surface area contributed by atoms with Crippen molar-refractivity contribution in [1.29, 1.82) is 0 Å². The van der Waals surface area contributed by atoms with Crippen LogP contribution in [-0.2, 0) is 19.0 Å². The second-order valence-electron chi connectivity index (χ2n) is 4.39. The Morgan fingerprint density at radius 2 is 1.95 bits per heavy atom. The second kappa shape index (κ2) is 6.86. The first-order chi connectivity index (χ1) is 10.5. The Kier molecular flexibility index (Phi) is 4.90. The lowest BCUT2D eigenvalue weighted by Crippen LogP contribution is -2.57. The topological polar surface area (TPSA) is 99.5 Å². The van der Waals surface area contributed by atoms with E-state index in [2.05, 4.69) is 17.8 Å². The van der Waals surface area contributed by atoms with Gasteiger partial charge >= 0.3 is 25.8 Å². The maximum Gasteiger partial charge on any atom is 0.378 e. The van der Waals surface area contributed by atoms with Crippen LogP contribution in [0.15, 0.2) is 35.4 Å². The second-order valence-corrected chi connectivity index (χ2v) is 4.39. The Bertz CT molecular complexity index is 607. The number of amides is 2. The van der Waals surface area contributed by atoms with Gasteiger partial charge in [0, 0.05) is 6.54 Å². The van der Waals surface area contributed by atoms with E-state index >= 15 is 0 Å². The van der Waals surface area contributed by atoms with Crippen molar-refractivity contribution in [1.82, 2.24) is 9.91 Å². The van der Waals surface area contributed by atoms with Crippen molar-refractivity contribution < 1.29 is 24.1 Å². The Balaban J connectivity index is 2.05. The van der Waals surface area contributed by atoms with Gasteiger partial charge in [-0.25, -0.2) is 9.80 Å². The monoisotopic (exact) mass is 301 g/mol. The summed E-state index contributed by atoms with van der Waals surface area (Å²) in [6.45, 7) is -0.0458. The zero-order chi connectivity index (χ0) is 16.1. The minimum Gasteiger partial charge on any atom is -0.540 e. The van der Waals surface area contributed by atoms with Gasteiger partial charge in [-0.2, -0.15) is 5.10 Å². The minimum atomic E-state index is -1.92. The van der Waals surface area contributed by atoms with Crippen LogP contribution in [0.4, 0.5) is 0 Å². The Morgan fingerprint density at radius 3 is 2.59 bits per heavy atom. The van der Waals surface area contributed by atoms with Crippen LogP contribution in [0, 0.1) is 0 Å². The molecule has 1 atom stereocenters. The number of aliphatic hydroxyl groups excluding tert-OH is 1. The number of hydrogen-bond acceptors (Lipinski definition) is 6. The fourth-order valence-corrected chi connectivity index (χ4v) is 1.85. The van der Waals surface area contributed by atoms with E-state index in [1.165, 1.54) is 6.21 Å². The zero-order valence-corrected chi connectivity index (χ0v) is 11.5. The highest BCUT2D eigenvalue weighted by atomic mass is 16.5. The third-order valence-corrected chi connectivity index (χ3v) is 3.00. The van der Waals surface area contributed by atoms with Crippen LogP contribution < -0.4 is 0 Å². The third-order valence-electron chi connectivity index (χ3n) is 3.00. The van der Waals surface area contributed by atoms with Gasteiger partial charge in [-0.1, -0.05) is 30.3 Å². The van der Waals surface area contributed by atoms with Gasteiger partial charge in [0.2, 0.25) is 6.23 Å². The number of piperazine rings is 1. The molecule has 112 valence electrons. The van der Waals surface area contributed by atoms with Crippen molar-refractivity contribution in [2.45, 2.75) is 6.23 Å². The first-order valence-corrected chi connectivity index (χ1v) is 6.34. The molecule has 0 bridgehead atoms. The van der Waals surface area contributed by atoms with E-state index in [1.54, 1.807) is 24.3 Å². The first-order valence-electron chi connectivity index (χ1n) is 6.34. The maximum atomic E-state index is 11.9. The molecule has 0 aromatic heterocycles. The number of carbonyl (C=O) groups excluding carboxylic acids is 3. The van der Waals surface area contributed by atoms with Gasteiger partial charge < -0.3 is 9.76 Å². The van der Waals surface area contributed by atoms with Crippen molar-refractivity contribution >= 4 is 32.0 Å². The van der Waals surface area contributed by atoms with Crippen LogP contribution >= 0.6 is 0 Å². The first kappa shape index (κ1) is 15.7. The van der Waals surface area contributed by atoms with Crippen LogP contribution in [0.5, 0.6) is 0 Å². The molecule has 2 rings (SSSR count). The van der Waals surface area contributed by atoms with Gasteiger partial charge in [0.15, 0.2) is 0 Å². The summed E-state index contributed by atoms with van der Waals surface area (Å²) >= 11 is 0. The Labute approximate surface area is 127 Å². The molecule has 2 amide bonds. The van der Waals surface area contributed by atoms with Crippen LogP contribution in [-0.4, -0.2) is 66.4 Å². The molecule has 1 aliphatic rings. The highest BCUT2D eigenvalue weighted by Gasteiger charge is 2.38. The largest absolute Gasteiger partial charge is 0.540 e. The average Bonchev–Trinajstić information content (AvgIpc) is 2.56. The highest BCUT2D eigenvalue weighted by Crippen LogP contribution is 2.09. The quantitative estimate of drug-likeness (QED) is 0.420. The number of rotatable bonds is 4. The average molecular weight is 301 g/mol. The lowest BCUT2D eigenvalue weighted by Gasteiger charge is -2.32. The molecular formula is C13H12BN3O5. The molecule has 22 heavy (non-hydrogen) atoms. The molecule has 1 N–H and O–H groups in total. The summed E-state index contributed by atoms with van der Waals surface area (Å²) in [6.07, 6.45) is -0.479. The molecule has 2 radical (unpaired) electrons. The van der Waals surface area contributed by atoms with Crippen LogP contribution in [0.25, 0.3) is 0 Å². The van der Waals surface area contributed by atoms with Crippen molar-refractivity contribution in [3.63, 3.8) is 0 Å². The minimum absolute atomic E-state index is 0.0306. The smallest absolute Gasteiger partial charge is 0.378 e. The lowest BCUT2D eigenvalue weighted by molar-refractivity contribution is -0.172. The van der Waals surface area contributed by atoms with Gasteiger partial charge in [-0.15, -0.1) is 0 Å². The van der Waals surface area contributed by atoms with Gasteiger partial charge in [-0.3, -0.25) is 14.5 Å².